The van der Waals surface area contributed by atoms with Gasteiger partial charge in [-0.3, -0.25) is 0 Å². The smallest absolute Gasteiger partial charge is 0.407 e. The van der Waals surface area contributed by atoms with Crippen molar-refractivity contribution in [2.45, 2.75) is 52.7 Å². The second-order valence-electron chi connectivity index (χ2n) is 5.31. The second kappa shape index (κ2) is 6.70. The van der Waals surface area contributed by atoms with Gasteiger partial charge in [-0.25, -0.2) is 10.7 Å². The van der Waals surface area contributed by atoms with Gasteiger partial charge < -0.3 is 14.9 Å². The molecule has 96 valence electrons. The van der Waals surface area contributed by atoms with Crippen molar-refractivity contribution < 1.29 is 14.4 Å². The van der Waals surface area contributed by atoms with Gasteiger partial charge in [-0.1, -0.05) is 13.8 Å². The fraction of sp³-hybridized carbons (Fsp3) is 0.909. The molecule has 0 aromatic rings. The number of carbonyl (C=O) groups is 1. The minimum Gasteiger partial charge on any atom is -0.444 e. The van der Waals surface area contributed by atoms with Crippen LogP contribution in [0.1, 0.15) is 41.0 Å². The van der Waals surface area contributed by atoms with Crippen molar-refractivity contribution in [2.24, 2.45) is 11.8 Å². The first-order valence-electron chi connectivity index (χ1n) is 5.55. The highest BCUT2D eigenvalue weighted by molar-refractivity contribution is 5.68. The lowest BCUT2D eigenvalue weighted by atomic mass is 10.0. The molecule has 0 fully saturated rings. The minimum atomic E-state index is -0.490. The highest BCUT2D eigenvalue weighted by Crippen LogP contribution is 2.09. The number of alkyl carbamates (subject to hydrolysis) is 1. The molecule has 0 rings (SSSR count). The third-order valence-electron chi connectivity index (χ3n) is 1.77. The van der Waals surface area contributed by atoms with Gasteiger partial charge in [0.05, 0.1) is 12.6 Å². The molecule has 0 aliphatic heterocycles. The van der Waals surface area contributed by atoms with Gasteiger partial charge in [0.25, 0.3) is 0 Å². The molecule has 5 heteroatoms. The summed E-state index contributed by atoms with van der Waals surface area (Å²) >= 11 is 0. The fourth-order valence-electron chi connectivity index (χ4n) is 1.33. The number of amides is 1. The molecular weight excluding hydrogens is 208 g/mol. The lowest BCUT2D eigenvalue weighted by Gasteiger charge is -2.24. The van der Waals surface area contributed by atoms with Crippen molar-refractivity contribution in [1.29, 1.82) is 0 Å². The van der Waals surface area contributed by atoms with E-state index in [4.69, 9.17) is 10.6 Å². The highest BCUT2D eigenvalue weighted by Gasteiger charge is 2.20. The van der Waals surface area contributed by atoms with E-state index in [2.05, 4.69) is 24.0 Å². The maximum Gasteiger partial charge on any atom is 0.407 e. The quantitative estimate of drug-likeness (QED) is 0.709. The Morgan fingerprint density at radius 3 is 2.31 bits per heavy atom. The third kappa shape index (κ3) is 8.49. The maximum absolute atomic E-state index is 11.5. The Morgan fingerprint density at radius 2 is 1.94 bits per heavy atom. The molecule has 0 aromatic carbocycles. The first-order valence-corrected chi connectivity index (χ1v) is 5.55. The van der Waals surface area contributed by atoms with Gasteiger partial charge in [-0.05, 0) is 33.1 Å². The summed E-state index contributed by atoms with van der Waals surface area (Å²) in [5.41, 5.74) is -0.490. The zero-order chi connectivity index (χ0) is 12.8. The SMILES string of the molecule is CC(C)C[C@@H](CON)NC(=O)OC(C)(C)C. The van der Waals surface area contributed by atoms with Crippen LogP contribution in [0.25, 0.3) is 0 Å². The summed E-state index contributed by atoms with van der Waals surface area (Å²) in [5, 5.41) is 2.74. The van der Waals surface area contributed by atoms with Crippen molar-refractivity contribution in [3.8, 4) is 0 Å². The van der Waals surface area contributed by atoms with E-state index in [0.29, 0.717) is 5.92 Å². The van der Waals surface area contributed by atoms with Crippen LogP contribution in [0.2, 0.25) is 0 Å². The van der Waals surface area contributed by atoms with Crippen molar-refractivity contribution in [3.05, 3.63) is 0 Å². The summed E-state index contributed by atoms with van der Waals surface area (Å²) in [6, 6.07) is -0.111. The van der Waals surface area contributed by atoms with E-state index in [1.54, 1.807) is 0 Å². The fourth-order valence-corrected chi connectivity index (χ4v) is 1.33. The first-order chi connectivity index (χ1) is 7.24. The summed E-state index contributed by atoms with van der Waals surface area (Å²) in [6.45, 7) is 9.90. The predicted octanol–water partition coefficient (Wildman–Crippen LogP) is 1.82. The van der Waals surface area contributed by atoms with E-state index >= 15 is 0 Å². The molecule has 0 aliphatic carbocycles. The molecule has 5 nitrogen and oxygen atoms in total. The van der Waals surface area contributed by atoms with Crippen molar-refractivity contribution in [3.63, 3.8) is 0 Å². The van der Waals surface area contributed by atoms with Crippen LogP contribution in [-0.4, -0.2) is 24.3 Å². The van der Waals surface area contributed by atoms with E-state index < -0.39 is 11.7 Å². The zero-order valence-electron chi connectivity index (χ0n) is 10.9. The zero-order valence-corrected chi connectivity index (χ0v) is 10.9. The Hall–Kier alpha value is -0.810. The molecule has 0 aliphatic rings. The van der Waals surface area contributed by atoms with Gasteiger partial charge in [-0.2, -0.15) is 0 Å². The molecule has 0 aromatic heterocycles. The largest absolute Gasteiger partial charge is 0.444 e. The highest BCUT2D eigenvalue weighted by atomic mass is 16.6. The second-order valence-corrected chi connectivity index (χ2v) is 5.31. The van der Waals surface area contributed by atoms with Crippen LogP contribution >= 0.6 is 0 Å². The van der Waals surface area contributed by atoms with Crippen LogP contribution in [0.5, 0.6) is 0 Å². The standard InChI is InChI=1S/C11H24N2O3/c1-8(2)6-9(7-15-12)13-10(14)16-11(3,4)5/h8-9H,6-7,12H2,1-5H3,(H,13,14)/t9-/m0/s1. The number of rotatable bonds is 5. The molecule has 1 amide bonds. The molecule has 0 saturated heterocycles. The average molecular weight is 232 g/mol. The Bertz CT molecular complexity index is 212. The molecule has 1 atom stereocenters. The third-order valence-corrected chi connectivity index (χ3v) is 1.77. The number of carbonyl (C=O) groups excluding carboxylic acids is 1. The monoisotopic (exact) mass is 232 g/mol. The molecule has 16 heavy (non-hydrogen) atoms. The van der Waals surface area contributed by atoms with E-state index in [0.717, 1.165) is 6.42 Å². The summed E-state index contributed by atoms with van der Waals surface area (Å²) in [6.07, 6.45) is 0.367. The van der Waals surface area contributed by atoms with Gasteiger partial charge in [0.1, 0.15) is 5.60 Å². The van der Waals surface area contributed by atoms with Crippen LogP contribution in [0.15, 0.2) is 0 Å². The van der Waals surface area contributed by atoms with Crippen LogP contribution < -0.4 is 11.2 Å². The summed E-state index contributed by atoms with van der Waals surface area (Å²) in [5.74, 6) is 5.47. The van der Waals surface area contributed by atoms with Crippen LogP contribution in [-0.2, 0) is 9.57 Å². The summed E-state index contributed by atoms with van der Waals surface area (Å²) < 4.78 is 5.15. The molecule has 0 spiro atoms. The molecule has 0 bridgehead atoms. The number of ether oxygens (including phenoxy) is 1. The van der Waals surface area contributed by atoms with Crippen LogP contribution in [0.3, 0.4) is 0 Å². The van der Waals surface area contributed by atoms with Gasteiger partial charge in [-0.15, -0.1) is 0 Å². The predicted molar refractivity (Wildman–Crippen MR) is 62.8 cm³/mol. The molecule has 3 N–H and O–H groups in total. The van der Waals surface area contributed by atoms with Gasteiger partial charge >= 0.3 is 6.09 Å². The minimum absolute atomic E-state index is 0.111. The summed E-state index contributed by atoms with van der Waals surface area (Å²) in [4.78, 5) is 16.1. The average Bonchev–Trinajstić information content (AvgIpc) is 1.98. The molecule has 0 saturated carbocycles. The van der Waals surface area contributed by atoms with Gasteiger partial charge in [0.2, 0.25) is 0 Å². The molecule has 0 radical (unpaired) electrons. The first kappa shape index (κ1) is 15.2. The van der Waals surface area contributed by atoms with E-state index in [-0.39, 0.29) is 12.6 Å². The van der Waals surface area contributed by atoms with E-state index in [1.165, 1.54) is 0 Å². The number of nitrogens with two attached hydrogens (primary N) is 1. The lowest BCUT2D eigenvalue weighted by Crippen LogP contribution is -2.42. The Morgan fingerprint density at radius 1 is 1.38 bits per heavy atom. The summed E-state index contributed by atoms with van der Waals surface area (Å²) in [7, 11) is 0. The number of nitrogens with one attached hydrogen (secondary N) is 1. The van der Waals surface area contributed by atoms with Crippen LogP contribution in [0.4, 0.5) is 4.79 Å². The van der Waals surface area contributed by atoms with Crippen LogP contribution in [0, 0.1) is 5.92 Å². The number of hydrogen-bond acceptors (Lipinski definition) is 4. The van der Waals surface area contributed by atoms with Gasteiger partial charge in [0, 0.05) is 0 Å². The van der Waals surface area contributed by atoms with Gasteiger partial charge in [0.15, 0.2) is 0 Å². The Balaban J connectivity index is 4.12. The van der Waals surface area contributed by atoms with Crippen molar-refractivity contribution >= 4 is 6.09 Å². The molecule has 0 heterocycles. The van der Waals surface area contributed by atoms with Crippen molar-refractivity contribution in [2.75, 3.05) is 6.61 Å². The maximum atomic E-state index is 11.5. The van der Waals surface area contributed by atoms with Crippen molar-refractivity contribution in [1.82, 2.24) is 5.32 Å². The normalized spacial score (nSPS) is 13.7. The molecular formula is C11H24N2O3. The Labute approximate surface area is 97.6 Å². The lowest BCUT2D eigenvalue weighted by molar-refractivity contribution is 0.0428. The number of hydrogen-bond donors (Lipinski definition) is 2. The topological polar surface area (TPSA) is 73.6 Å². The Kier molecular flexibility index (Phi) is 6.36. The molecule has 0 unspecified atom stereocenters. The van der Waals surface area contributed by atoms with E-state index in [9.17, 15) is 4.79 Å². The van der Waals surface area contributed by atoms with E-state index in [1.807, 2.05) is 20.8 Å².